The first-order chi connectivity index (χ1) is 8.28. The normalized spacial score (nSPS) is 36.0. The van der Waals surface area contributed by atoms with E-state index in [0.29, 0.717) is 11.6 Å². The molecule has 100 valence electrons. The van der Waals surface area contributed by atoms with Gasteiger partial charge in [-0.05, 0) is 38.6 Å². The Balaban J connectivity index is 1.91. The van der Waals surface area contributed by atoms with Crippen LogP contribution >= 0.6 is 0 Å². The monoisotopic (exact) mass is 240 g/mol. The van der Waals surface area contributed by atoms with E-state index < -0.39 is 0 Å². The Labute approximate surface area is 106 Å². The van der Waals surface area contributed by atoms with Gasteiger partial charge in [0.2, 0.25) is 0 Å². The van der Waals surface area contributed by atoms with Crippen LogP contribution in [-0.4, -0.2) is 49.3 Å². The van der Waals surface area contributed by atoms with Gasteiger partial charge in [-0.2, -0.15) is 0 Å². The highest BCUT2D eigenvalue weighted by Crippen LogP contribution is 2.25. The Bertz CT molecular complexity index is 226. The van der Waals surface area contributed by atoms with Gasteiger partial charge in [0.25, 0.3) is 0 Å². The van der Waals surface area contributed by atoms with Crippen LogP contribution in [-0.2, 0) is 4.74 Å². The number of ether oxygens (including phenoxy) is 1. The molecule has 0 aliphatic carbocycles. The van der Waals surface area contributed by atoms with Crippen LogP contribution in [0.2, 0.25) is 0 Å². The van der Waals surface area contributed by atoms with Gasteiger partial charge in [-0.3, -0.25) is 4.90 Å². The summed E-state index contributed by atoms with van der Waals surface area (Å²) in [5.74, 6) is 0. The van der Waals surface area contributed by atoms with Crippen LogP contribution in [0.4, 0.5) is 0 Å². The molecule has 2 heterocycles. The number of nitrogens with zero attached hydrogens (tertiary/aromatic N) is 1. The fourth-order valence-corrected chi connectivity index (χ4v) is 3.21. The maximum Gasteiger partial charge on any atom is 0.0699 e. The van der Waals surface area contributed by atoms with Crippen molar-refractivity contribution in [1.82, 2.24) is 10.2 Å². The van der Waals surface area contributed by atoms with Gasteiger partial charge in [0.15, 0.2) is 0 Å². The zero-order valence-electron chi connectivity index (χ0n) is 11.5. The van der Waals surface area contributed by atoms with Crippen molar-refractivity contribution >= 4 is 0 Å². The fourth-order valence-electron chi connectivity index (χ4n) is 3.21. The van der Waals surface area contributed by atoms with Crippen molar-refractivity contribution in [1.29, 1.82) is 0 Å². The molecule has 0 spiro atoms. The molecule has 3 heteroatoms. The lowest BCUT2D eigenvalue weighted by Crippen LogP contribution is -2.50. The molecule has 2 aliphatic rings. The van der Waals surface area contributed by atoms with Gasteiger partial charge < -0.3 is 10.1 Å². The number of rotatable bonds is 4. The van der Waals surface area contributed by atoms with Crippen molar-refractivity contribution in [3.63, 3.8) is 0 Å². The Kier molecular flexibility index (Phi) is 4.83. The van der Waals surface area contributed by atoms with Gasteiger partial charge >= 0.3 is 0 Å². The molecule has 3 nitrogen and oxygen atoms in total. The minimum atomic E-state index is 0.391. The lowest BCUT2D eigenvalue weighted by atomic mass is 9.93. The third-order valence-electron chi connectivity index (χ3n) is 4.42. The molecule has 0 saturated carbocycles. The van der Waals surface area contributed by atoms with Crippen molar-refractivity contribution < 1.29 is 4.74 Å². The second kappa shape index (κ2) is 6.17. The molecular weight excluding hydrogens is 212 g/mol. The van der Waals surface area contributed by atoms with E-state index in [1.165, 1.54) is 45.3 Å². The highest BCUT2D eigenvalue weighted by Gasteiger charge is 2.34. The minimum absolute atomic E-state index is 0.391. The molecule has 2 aliphatic heterocycles. The standard InChI is InChI=1S/C14H28N2O/c1-3-13-11-16(9-6-10-17-13)12-14(4-2)7-5-8-15-14/h13,15H,3-12H2,1-2H3. The highest BCUT2D eigenvalue weighted by molar-refractivity contribution is 4.95. The smallest absolute Gasteiger partial charge is 0.0699 e. The molecule has 2 rings (SSSR count). The average Bonchev–Trinajstić information content (AvgIpc) is 2.69. The average molecular weight is 240 g/mol. The molecule has 2 atom stereocenters. The topological polar surface area (TPSA) is 24.5 Å². The summed E-state index contributed by atoms with van der Waals surface area (Å²) in [5.41, 5.74) is 0.391. The van der Waals surface area contributed by atoms with Crippen LogP contribution < -0.4 is 5.32 Å². The zero-order chi connectivity index (χ0) is 12.1. The largest absolute Gasteiger partial charge is 0.377 e. The quantitative estimate of drug-likeness (QED) is 0.813. The summed E-state index contributed by atoms with van der Waals surface area (Å²) in [6, 6.07) is 0. The van der Waals surface area contributed by atoms with E-state index in [-0.39, 0.29) is 0 Å². The van der Waals surface area contributed by atoms with Gasteiger partial charge in [0.05, 0.1) is 6.10 Å². The molecule has 1 N–H and O–H groups in total. The lowest BCUT2D eigenvalue weighted by Gasteiger charge is -2.35. The summed E-state index contributed by atoms with van der Waals surface area (Å²) in [5, 5.41) is 3.74. The van der Waals surface area contributed by atoms with Crippen LogP contribution in [0.25, 0.3) is 0 Å². The van der Waals surface area contributed by atoms with Gasteiger partial charge in [0.1, 0.15) is 0 Å². The summed E-state index contributed by atoms with van der Waals surface area (Å²) in [4.78, 5) is 2.63. The minimum Gasteiger partial charge on any atom is -0.377 e. The van der Waals surface area contributed by atoms with Gasteiger partial charge in [-0.15, -0.1) is 0 Å². The van der Waals surface area contributed by atoms with Crippen LogP contribution in [0.15, 0.2) is 0 Å². The third kappa shape index (κ3) is 3.43. The Hall–Kier alpha value is -0.120. The van der Waals surface area contributed by atoms with Crippen molar-refractivity contribution in [2.45, 2.75) is 57.6 Å². The van der Waals surface area contributed by atoms with Crippen molar-refractivity contribution in [2.75, 3.05) is 32.8 Å². The predicted molar refractivity (Wildman–Crippen MR) is 71.3 cm³/mol. The number of hydrogen-bond acceptors (Lipinski definition) is 3. The maximum absolute atomic E-state index is 5.85. The summed E-state index contributed by atoms with van der Waals surface area (Å²) in [7, 11) is 0. The van der Waals surface area contributed by atoms with E-state index in [1.807, 2.05) is 0 Å². The SMILES string of the molecule is CCC1CN(CC2(CC)CCCN2)CCCO1. The molecule has 0 aromatic rings. The molecule has 0 aromatic heterocycles. The molecule has 0 radical (unpaired) electrons. The fraction of sp³-hybridized carbons (Fsp3) is 1.00. The van der Waals surface area contributed by atoms with Gasteiger partial charge in [-0.1, -0.05) is 13.8 Å². The Morgan fingerprint density at radius 3 is 2.88 bits per heavy atom. The number of hydrogen-bond donors (Lipinski definition) is 1. The van der Waals surface area contributed by atoms with Crippen LogP contribution in [0, 0.1) is 0 Å². The molecular formula is C14H28N2O. The maximum atomic E-state index is 5.85. The molecule has 2 unspecified atom stereocenters. The van der Waals surface area contributed by atoms with Crippen LogP contribution in [0.1, 0.15) is 46.0 Å². The van der Waals surface area contributed by atoms with E-state index in [1.54, 1.807) is 0 Å². The van der Waals surface area contributed by atoms with Crippen LogP contribution in [0.5, 0.6) is 0 Å². The molecule has 0 bridgehead atoms. The second-order valence-electron chi connectivity index (χ2n) is 5.65. The van der Waals surface area contributed by atoms with Gasteiger partial charge in [0, 0.05) is 31.8 Å². The Morgan fingerprint density at radius 1 is 1.35 bits per heavy atom. The van der Waals surface area contributed by atoms with E-state index in [9.17, 15) is 0 Å². The van der Waals surface area contributed by atoms with E-state index in [0.717, 1.165) is 19.6 Å². The summed E-state index contributed by atoms with van der Waals surface area (Å²) in [6.07, 6.45) is 6.72. The summed E-state index contributed by atoms with van der Waals surface area (Å²) < 4.78 is 5.85. The summed E-state index contributed by atoms with van der Waals surface area (Å²) in [6.45, 7) is 10.3. The molecule has 2 saturated heterocycles. The second-order valence-corrected chi connectivity index (χ2v) is 5.65. The van der Waals surface area contributed by atoms with Crippen molar-refractivity contribution in [2.24, 2.45) is 0 Å². The molecule has 0 amide bonds. The first-order valence-electron chi connectivity index (χ1n) is 7.37. The van der Waals surface area contributed by atoms with Crippen LogP contribution in [0.3, 0.4) is 0 Å². The van der Waals surface area contributed by atoms with E-state index >= 15 is 0 Å². The molecule has 2 fully saturated rings. The van der Waals surface area contributed by atoms with E-state index in [2.05, 4.69) is 24.1 Å². The van der Waals surface area contributed by atoms with Gasteiger partial charge in [-0.25, -0.2) is 0 Å². The predicted octanol–water partition coefficient (Wildman–Crippen LogP) is 2.02. The first kappa shape index (κ1) is 13.3. The summed E-state index contributed by atoms with van der Waals surface area (Å²) >= 11 is 0. The Morgan fingerprint density at radius 2 is 2.24 bits per heavy atom. The number of nitrogens with one attached hydrogen (secondary N) is 1. The molecule has 17 heavy (non-hydrogen) atoms. The third-order valence-corrected chi connectivity index (χ3v) is 4.42. The molecule has 0 aromatic carbocycles. The van der Waals surface area contributed by atoms with Crippen molar-refractivity contribution in [3.05, 3.63) is 0 Å². The highest BCUT2D eigenvalue weighted by atomic mass is 16.5. The lowest BCUT2D eigenvalue weighted by molar-refractivity contribution is 0.0479. The zero-order valence-corrected chi connectivity index (χ0v) is 11.5. The van der Waals surface area contributed by atoms with Crippen molar-refractivity contribution in [3.8, 4) is 0 Å². The van der Waals surface area contributed by atoms with E-state index in [4.69, 9.17) is 4.74 Å². The first-order valence-corrected chi connectivity index (χ1v) is 7.37.